The van der Waals surface area contributed by atoms with Crippen LogP contribution in [0.15, 0.2) is 23.7 Å². The van der Waals surface area contributed by atoms with Gasteiger partial charge in [0.2, 0.25) is 5.91 Å². The highest BCUT2D eigenvalue weighted by Gasteiger charge is 2.56. The molecule has 2 aromatic rings. The maximum absolute atomic E-state index is 12.7. The first-order valence-corrected chi connectivity index (χ1v) is 13.3. The quantitative estimate of drug-likeness (QED) is 0.458. The van der Waals surface area contributed by atoms with Gasteiger partial charge in [-0.1, -0.05) is 24.9 Å². The standard InChI is InChI=1S/C25H35ClN4O3S/c1-5-14(12-19-17(26)8-10-34-19)11-15-7-9-29-23(20(15)27)30-18-13-16(24(31)28-6-2)21-22(18)33-25(3,4)32-21/h7-10,14,16,18,21-22H,5-6,11-13,27H2,1-4H3,(H,28,31)(H,29,30)/t14-,16-,18+,21+,22-/m0/s1. The van der Waals surface area contributed by atoms with Crippen molar-refractivity contribution < 1.29 is 14.3 Å². The molecule has 7 nitrogen and oxygen atoms in total. The molecule has 34 heavy (non-hydrogen) atoms. The minimum atomic E-state index is -0.737. The lowest BCUT2D eigenvalue weighted by Crippen LogP contribution is -2.37. The van der Waals surface area contributed by atoms with E-state index in [0.29, 0.717) is 30.4 Å². The predicted molar refractivity (Wildman–Crippen MR) is 137 cm³/mol. The topological polar surface area (TPSA) is 98.5 Å². The molecule has 2 fully saturated rings. The highest BCUT2D eigenvalue weighted by molar-refractivity contribution is 7.10. The van der Waals surface area contributed by atoms with Crippen molar-refractivity contribution in [3.63, 3.8) is 0 Å². The second-order valence-corrected chi connectivity index (χ2v) is 11.1. The Kier molecular flexibility index (Phi) is 7.72. The average molecular weight is 507 g/mol. The number of nitrogens with zero attached hydrogens (tertiary/aromatic N) is 1. The van der Waals surface area contributed by atoms with Crippen molar-refractivity contribution >= 4 is 40.4 Å². The molecule has 1 saturated heterocycles. The van der Waals surface area contributed by atoms with E-state index in [1.807, 2.05) is 38.3 Å². The molecular weight excluding hydrogens is 472 g/mol. The van der Waals surface area contributed by atoms with Gasteiger partial charge in [0.25, 0.3) is 0 Å². The Morgan fingerprint density at radius 1 is 1.29 bits per heavy atom. The number of carbonyl (C=O) groups excluding carboxylic acids is 1. The van der Waals surface area contributed by atoms with E-state index < -0.39 is 5.79 Å². The second kappa shape index (κ2) is 10.4. The SMILES string of the molecule is CCNC(=O)[C@H]1C[C@@H](Nc2nccc(C[C@H](CC)Cc3sccc3Cl)c2N)[C@@H]2OC(C)(C)O[C@@H]21. The fourth-order valence-corrected chi connectivity index (χ4v) is 6.30. The van der Waals surface area contributed by atoms with Crippen molar-refractivity contribution in [3.8, 4) is 0 Å². The van der Waals surface area contributed by atoms with Gasteiger partial charge in [0.1, 0.15) is 18.0 Å². The van der Waals surface area contributed by atoms with E-state index in [0.717, 1.165) is 29.8 Å². The number of nitrogens with one attached hydrogen (secondary N) is 2. The van der Waals surface area contributed by atoms with Crippen LogP contribution in [0.25, 0.3) is 0 Å². The number of hydrogen-bond donors (Lipinski definition) is 3. The summed E-state index contributed by atoms with van der Waals surface area (Å²) < 4.78 is 12.3. The molecule has 186 valence electrons. The van der Waals surface area contributed by atoms with Gasteiger partial charge in [0.05, 0.1) is 22.7 Å². The molecule has 0 bridgehead atoms. The molecular formula is C25H35ClN4O3S. The van der Waals surface area contributed by atoms with E-state index in [2.05, 4.69) is 22.5 Å². The molecule has 3 heterocycles. The summed E-state index contributed by atoms with van der Waals surface area (Å²) in [6.07, 6.45) is 4.64. The molecule has 0 spiro atoms. The van der Waals surface area contributed by atoms with Crippen LogP contribution in [-0.4, -0.2) is 41.5 Å². The smallest absolute Gasteiger partial charge is 0.225 e. The van der Waals surface area contributed by atoms with Gasteiger partial charge in [-0.2, -0.15) is 0 Å². The molecule has 1 saturated carbocycles. The molecule has 0 aromatic carbocycles. The third-order valence-electron chi connectivity index (χ3n) is 6.81. The maximum atomic E-state index is 12.7. The zero-order chi connectivity index (χ0) is 24.5. The number of amides is 1. The number of fused-ring (bicyclic) bond motifs is 1. The van der Waals surface area contributed by atoms with Crippen molar-refractivity contribution in [1.29, 1.82) is 0 Å². The summed E-state index contributed by atoms with van der Waals surface area (Å²) in [4.78, 5) is 18.5. The zero-order valence-corrected chi connectivity index (χ0v) is 21.8. The molecule has 2 aliphatic rings. The van der Waals surface area contributed by atoms with Crippen molar-refractivity contribution in [2.45, 2.75) is 77.4 Å². The molecule has 1 amide bonds. The number of hydrogen-bond acceptors (Lipinski definition) is 7. The molecule has 5 atom stereocenters. The first kappa shape index (κ1) is 25.2. The van der Waals surface area contributed by atoms with E-state index in [4.69, 9.17) is 26.8 Å². The van der Waals surface area contributed by atoms with Gasteiger partial charge in [-0.15, -0.1) is 11.3 Å². The number of halogens is 1. The second-order valence-electron chi connectivity index (χ2n) is 9.66. The Bertz CT molecular complexity index is 1010. The van der Waals surface area contributed by atoms with Gasteiger partial charge in [-0.05, 0) is 69.0 Å². The summed E-state index contributed by atoms with van der Waals surface area (Å²) in [6.45, 7) is 8.47. The summed E-state index contributed by atoms with van der Waals surface area (Å²) in [7, 11) is 0. The minimum Gasteiger partial charge on any atom is -0.396 e. The third kappa shape index (κ3) is 5.35. The highest BCUT2D eigenvalue weighted by Crippen LogP contribution is 2.43. The summed E-state index contributed by atoms with van der Waals surface area (Å²) in [5, 5.41) is 9.30. The van der Waals surface area contributed by atoms with Gasteiger partial charge >= 0.3 is 0 Å². The molecule has 2 aromatic heterocycles. The normalized spacial score (nSPS) is 26.3. The Morgan fingerprint density at radius 3 is 2.74 bits per heavy atom. The Balaban J connectivity index is 1.50. The maximum Gasteiger partial charge on any atom is 0.225 e. The molecule has 0 unspecified atom stereocenters. The van der Waals surface area contributed by atoms with Gasteiger partial charge in [-0.3, -0.25) is 4.79 Å². The minimum absolute atomic E-state index is 0.00388. The summed E-state index contributed by atoms with van der Waals surface area (Å²) in [5.41, 5.74) is 8.31. The van der Waals surface area contributed by atoms with Crippen LogP contribution in [0, 0.1) is 11.8 Å². The number of aromatic nitrogens is 1. The number of thiophene rings is 1. The lowest BCUT2D eigenvalue weighted by Gasteiger charge is -2.25. The van der Waals surface area contributed by atoms with E-state index in [9.17, 15) is 4.79 Å². The van der Waals surface area contributed by atoms with Gasteiger partial charge in [-0.25, -0.2) is 4.98 Å². The van der Waals surface area contributed by atoms with Crippen molar-refractivity contribution in [2.24, 2.45) is 11.8 Å². The number of ether oxygens (including phenoxy) is 2. The largest absolute Gasteiger partial charge is 0.396 e. The number of nitrogen functional groups attached to an aromatic ring is 1. The molecule has 0 radical (unpaired) electrons. The van der Waals surface area contributed by atoms with E-state index >= 15 is 0 Å². The van der Waals surface area contributed by atoms with Crippen LogP contribution in [-0.2, 0) is 27.1 Å². The number of carbonyl (C=O) groups is 1. The Labute approximate surface area is 210 Å². The van der Waals surface area contributed by atoms with Crippen LogP contribution in [0.3, 0.4) is 0 Å². The van der Waals surface area contributed by atoms with Crippen LogP contribution in [0.5, 0.6) is 0 Å². The van der Waals surface area contributed by atoms with Crippen LogP contribution < -0.4 is 16.4 Å². The zero-order valence-electron chi connectivity index (χ0n) is 20.3. The van der Waals surface area contributed by atoms with Crippen LogP contribution in [0.4, 0.5) is 11.5 Å². The number of rotatable bonds is 9. The van der Waals surface area contributed by atoms with E-state index in [1.165, 1.54) is 4.88 Å². The van der Waals surface area contributed by atoms with E-state index in [1.54, 1.807) is 17.5 Å². The summed E-state index contributed by atoms with van der Waals surface area (Å²) >= 11 is 8.03. The lowest BCUT2D eigenvalue weighted by molar-refractivity contribution is -0.160. The van der Waals surface area contributed by atoms with Gasteiger partial charge in [0, 0.05) is 17.6 Å². The fourth-order valence-electron chi connectivity index (χ4n) is 5.07. The van der Waals surface area contributed by atoms with Crippen molar-refractivity contribution in [1.82, 2.24) is 10.3 Å². The number of pyridine rings is 1. The van der Waals surface area contributed by atoms with Gasteiger partial charge < -0.3 is 25.8 Å². The highest BCUT2D eigenvalue weighted by atomic mass is 35.5. The van der Waals surface area contributed by atoms with Crippen molar-refractivity contribution in [2.75, 3.05) is 17.6 Å². The molecule has 1 aliphatic heterocycles. The molecule has 9 heteroatoms. The summed E-state index contributed by atoms with van der Waals surface area (Å²) in [6, 6.07) is 3.82. The first-order valence-electron chi connectivity index (χ1n) is 12.1. The third-order valence-corrected chi connectivity index (χ3v) is 8.22. The average Bonchev–Trinajstić information content (AvgIpc) is 3.43. The van der Waals surface area contributed by atoms with E-state index in [-0.39, 0.29) is 30.1 Å². The van der Waals surface area contributed by atoms with Crippen molar-refractivity contribution in [3.05, 3.63) is 39.2 Å². The Hall–Kier alpha value is -1.87. The predicted octanol–water partition coefficient (Wildman–Crippen LogP) is 4.65. The number of anilines is 2. The number of nitrogens with two attached hydrogens (primary N) is 1. The van der Waals surface area contributed by atoms with Crippen LogP contribution in [0.1, 0.15) is 51.0 Å². The van der Waals surface area contributed by atoms with Crippen LogP contribution in [0.2, 0.25) is 5.02 Å². The fraction of sp³-hybridized carbons (Fsp3) is 0.600. The Morgan fingerprint density at radius 2 is 2.06 bits per heavy atom. The first-order chi connectivity index (χ1) is 16.2. The molecule has 4 rings (SSSR count). The lowest BCUT2D eigenvalue weighted by atomic mass is 9.93. The molecule has 4 N–H and O–H groups in total. The van der Waals surface area contributed by atoms with Crippen LogP contribution >= 0.6 is 22.9 Å². The summed E-state index contributed by atoms with van der Waals surface area (Å²) in [5.74, 6) is 0.0391. The monoisotopic (exact) mass is 506 g/mol. The molecule has 1 aliphatic carbocycles. The van der Waals surface area contributed by atoms with Gasteiger partial charge in [0.15, 0.2) is 5.79 Å².